The van der Waals surface area contributed by atoms with Crippen LogP contribution in [0, 0.1) is 5.82 Å². The maximum atomic E-state index is 13.0. The van der Waals surface area contributed by atoms with Gasteiger partial charge in [-0.3, -0.25) is 4.68 Å². The normalized spacial score (nSPS) is 11.8. The van der Waals surface area contributed by atoms with Crippen LogP contribution in [0.2, 0.25) is 5.02 Å². The molecule has 0 aliphatic heterocycles. The van der Waals surface area contributed by atoms with Crippen molar-refractivity contribution in [3.8, 4) is 0 Å². The van der Waals surface area contributed by atoms with E-state index >= 15 is 0 Å². The maximum absolute atomic E-state index is 13.0. The lowest BCUT2D eigenvalue weighted by molar-refractivity contribution is 0.580. The molecule has 0 aliphatic rings. The molecule has 114 valence electrons. The molecule has 0 amide bonds. The lowest BCUT2D eigenvalue weighted by Gasteiger charge is -2.05. The van der Waals surface area contributed by atoms with Crippen LogP contribution in [-0.4, -0.2) is 24.7 Å². The third-order valence-electron chi connectivity index (χ3n) is 2.73. The molecule has 6 nitrogen and oxygen atoms in total. The van der Waals surface area contributed by atoms with Crippen LogP contribution < -0.4 is 10.5 Å². The molecular formula is C12H14ClFN4O2S. The lowest BCUT2D eigenvalue weighted by Crippen LogP contribution is -2.23. The predicted molar refractivity (Wildman–Crippen MR) is 76.7 cm³/mol. The molecule has 3 N–H and O–H groups in total. The summed E-state index contributed by atoms with van der Waals surface area (Å²) in [5.74, 6) is -0.550. The minimum absolute atomic E-state index is 0.00437. The molecular weight excluding hydrogens is 319 g/mol. The van der Waals surface area contributed by atoms with Gasteiger partial charge >= 0.3 is 0 Å². The van der Waals surface area contributed by atoms with E-state index in [0.717, 1.165) is 0 Å². The predicted octanol–water partition coefficient (Wildman–Crippen LogP) is 1.11. The quantitative estimate of drug-likeness (QED) is 0.829. The Bertz CT molecular complexity index is 733. The van der Waals surface area contributed by atoms with Gasteiger partial charge < -0.3 is 5.73 Å². The van der Waals surface area contributed by atoms with Crippen molar-refractivity contribution in [2.45, 2.75) is 18.0 Å². The first kappa shape index (κ1) is 15.9. The molecule has 1 heterocycles. The van der Waals surface area contributed by atoms with Crippen LogP contribution in [0.5, 0.6) is 0 Å². The molecule has 9 heteroatoms. The zero-order valence-electron chi connectivity index (χ0n) is 11.0. The first-order chi connectivity index (χ1) is 9.92. The number of aromatic nitrogens is 2. The van der Waals surface area contributed by atoms with Crippen LogP contribution in [0.4, 0.5) is 4.39 Å². The van der Waals surface area contributed by atoms with E-state index in [9.17, 15) is 12.8 Å². The molecule has 0 radical (unpaired) electrons. The van der Waals surface area contributed by atoms with Gasteiger partial charge in [-0.2, -0.15) is 5.10 Å². The van der Waals surface area contributed by atoms with Gasteiger partial charge in [-0.25, -0.2) is 17.5 Å². The molecule has 0 fully saturated rings. The minimum atomic E-state index is -3.69. The van der Waals surface area contributed by atoms with Crippen molar-refractivity contribution in [3.63, 3.8) is 0 Å². The molecule has 2 aromatic rings. The Balaban J connectivity index is 2.08. The van der Waals surface area contributed by atoms with Crippen molar-refractivity contribution in [2.75, 3.05) is 6.54 Å². The largest absolute Gasteiger partial charge is 0.329 e. The molecule has 21 heavy (non-hydrogen) atoms. The lowest BCUT2D eigenvalue weighted by atomic mass is 10.2. The summed E-state index contributed by atoms with van der Waals surface area (Å²) < 4.78 is 41.0. The van der Waals surface area contributed by atoms with E-state index in [-0.39, 0.29) is 16.5 Å². The zero-order chi connectivity index (χ0) is 15.5. The van der Waals surface area contributed by atoms with E-state index < -0.39 is 15.8 Å². The smallest absolute Gasteiger partial charge is 0.243 e. The van der Waals surface area contributed by atoms with Crippen LogP contribution in [0.1, 0.15) is 5.56 Å². The molecule has 2 rings (SSSR count). The molecule has 0 saturated carbocycles. The van der Waals surface area contributed by atoms with Crippen molar-refractivity contribution in [1.29, 1.82) is 0 Å². The van der Waals surface area contributed by atoms with Gasteiger partial charge in [0.1, 0.15) is 10.7 Å². The first-order valence-electron chi connectivity index (χ1n) is 6.08. The van der Waals surface area contributed by atoms with E-state index in [0.29, 0.717) is 18.7 Å². The fraction of sp³-hybridized carbons (Fsp3) is 0.250. The Labute approximate surface area is 126 Å². The highest BCUT2D eigenvalue weighted by atomic mass is 35.5. The van der Waals surface area contributed by atoms with Gasteiger partial charge in [-0.1, -0.05) is 17.7 Å². The third kappa shape index (κ3) is 4.01. The summed E-state index contributed by atoms with van der Waals surface area (Å²) in [5.41, 5.74) is 5.93. The summed E-state index contributed by atoms with van der Waals surface area (Å²) in [4.78, 5) is 0.0455. The maximum Gasteiger partial charge on any atom is 0.243 e. The fourth-order valence-corrected chi connectivity index (χ4v) is 2.82. The van der Waals surface area contributed by atoms with E-state index in [2.05, 4.69) is 9.82 Å². The number of halogens is 2. The van der Waals surface area contributed by atoms with Crippen molar-refractivity contribution < 1.29 is 12.8 Å². The first-order valence-corrected chi connectivity index (χ1v) is 7.94. The molecule has 0 spiro atoms. The Morgan fingerprint density at radius 2 is 2.19 bits per heavy atom. The number of nitrogens with one attached hydrogen (secondary N) is 1. The second-order valence-corrected chi connectivity index (χ2v) is 6.47. The van der Waals surface area contributed by atoms with Gasteiger partial charge in [0.05, 0.1) is 17.8 Å². The summed E-state index contributed by atoms with van der Waals surface area (Å²) in [5, 5.41) is 3.85. The van der Waals surface area contributed by atoms with Gasteiger partial charge in [0.15, 0.2) is 0 Å². The SMILES string of the molecule is NCCn1cc(S(=O)(=O)NCc2ccc(F)c(Cl)c2)cn1. The standard InChI is InChI=1S/C12H14ClFN4O2S/c13-11-5-9(1-2-12(11)14)6-17-21(19,20)10-7-16-18(8-10)4-3-15/h1-2,5,7-8,17H,3-4,6,15H2. The average molecular weight is 333 g/mol. The van der Waals surface area contributed by atoms with Crippen LogP contribution in [-0.2, 0) is 23.1 Å². The number of benzene rings is 1. The van der Waals surface area contributed by atoms with Gasteiger partial charge in [0, 0.05) is 19.3 Å². The van der Waals surface area contributed by atoms with Crippen molar-refractivity contribution >= 4 is 21.6 Å². The fourth-order valence-electron chi connectivity index (χ4n) is 1.65. The van der Waals surface area contributed by atoms with Crippen molar-refractivity contribution in [3.05, 3.63) is 47.0 Å². The van der Waals surface area contributed by atoms with E-state index in [1.54, 1.807) is 0 Å². The highest BCUT2D eigenvalue weighted by Crippen LogP contribution is 2.16. The van der Waals surface area contributed by atoms with Crippen molar-refractivity contribution in [2.24, 2.45) is 5.73 Å². The topological polar surface area (TPSA) is 90.0 Å². The van der Waals surface area contributed by atoms with Crippen molar-refractivity contribution in [1.82, 2.24) is 14.5 Å². The third-order valence-corrected chi connectivity index (χ3v) is 4.37. The Morgan fingerprint density at radius 3 is 2.86 bits per heavy atom. The number of hydrogen-bond donors (Lipinski definition) is 2. The number of nitrogens with two attached hydrogens (primary N) is 1. The molecule has 0 bridgehead atoms. The second kappa shape index (κ2) is 6.52. The molecule has 0 aliphatic carbocycles. The Hall–Kier alpha value is -1.48. The van der Waals surface area contributed by atoms with Crippen LogP contribution in [0.3, 0.4) is 0 Å². The molecule has 0 unspecified atom stereocenters. The van der Waals surface area contributed by atoms with Gasteiger partial charge in [-0.15, -0.1) is 0 Å². The van der Waals surface area contributed by atoms with Gasteiger partial charge in [0.2, 0.25) is 10.0 Å². The summed E-state index contributed by atoms with van der Waals surface area (Å²) in [7, 11) is -3.69. The molecule has 1 aromatic carbocycles. The van der Waals surface area contributed by atoms with Gasteiger partial charge in [-0.05, 0) is 17.7 Å². The van der Waals surface area contributed by atoms with Crippen LogP contribution >= 0.6 is 11.6 Å². The summed E-state index contributed by atoms with van der Waals surface area (Å²) in [6.07, 6.45) is 2.64. The molecule has 1 aromatic heterocycles. The van der Waals surface area contributed by atoms with Crippen LogP contribution in [0.25, 0.3) is 0 Å². The highest BCUT2D eigenvalue weighted by molar-refractivity contribution is 7.89. The monoisotopic (exact) mass is 332 g/mol. The highest BCUT2D eigenvalue weighted by Gasteiger charge is 2.16. The summed E-state index contributed by atoms with van der Waals surface area (Å²) in [6.45, 7) is 0.802. The minimum Gasteiger partial charge on any atom is -0.329 e. The van der Waals surface area contributed by atoms with E-state index in [4.69, 9.17) is 17.3 Å². The summed E-state index contributed by atoms with van der Waals surface area (Å²) in [6, 6.07) is 4.02. The summed E-state index contributed by atoms with van der Waals surface area (Å²) >= 11 is 5.64. The zero-order valence-corrected chi connectivity index (χ0v) is 12.5. The van der Waals surface area contributed by atoms with Crippen LogP contribution in [0.15, 0.2) is 35.5 Å². The second-order valence-electron chi connectivity index (χ2n) is 4.30. The number of nitrogens with zero attached hydrogens (tertiary/aromatic N) is 2. The average Bonchev–Trinajstić information content (AvgIpc) is 2.90. The van der Waals surface area contributed by atoms with Gasteiger partial charge in [0.25, 0.3) is 0 Å². The Kier molecular flexibility index (Phi) is 4.94. The van der Waals surface area contributed by atoms with E-state index in [1.165, 1.54) is 35.3 Å². The Morgan fingerprint density at radius 1 is 1.43 bits per heavy atom. The van der Waals surface area contributed by atoms with E-state index in [1.807, 2.05) is 0 Å². The number of sulfonamides is 1. The molecule has 0 saturated heterocycles. The number of hydrogen-bond acceptors (Lipinski definition) is 4. The number of rotatable bonds is 6. The molecule has 0 atom stereocenters.